The van der Waals surface area contributed by atoms with Crippen molar-refractivity contribution in [3.63, 3.8) is 0 Å². The Morgan fingerprint density at radius 3 is 2.80 bits per heavy atom. The zero-order valence-corrected chi connectivity index (χ0v) is 11.8. The van der Waals surface area contributed by atoms with Crippen molar-refractivity contribution in [2.24, 2.45) is 0 Å². The first-order valence-electron chi connectivity index (χ1n) is 6.66. The molecule has 0 aromatic carbocycles. The average molecular weight is 280 g/mol. The number of methoxy groups -OCH3 is 1. The third-order valence-corrected chi connectivity index (χ3v) is 3.08. The summed E-state index contributed by atoms with van der Waals surface area (Å²) >= 11 is 0. The van der Waals surface area contributed by atoms with Gasteiger partial charge in [0.1, 0.15) is 5.82 Å². The molecule has 20 heavy (non-hydrogen) atoms. The van der Waals surface area contributed by atoms with Crippen molar-refractivity contribution >= 4 is 11.8 Å². The number of carbonyl (C=O) groups excluding carboxylic acids is 1. The average Bonchev–Trinajstić information content (AvgIpc) is 2.48. The van der Waals surface area contributed by atoms with E-state index in [1.807, 2.05) is 0 Å². The van der Waals surface area contributed by atoms with E-state index in [4.69, 9.17) is 4.74 Å². The van der Waals surface area contributed by atoms with Crippen molar-refractivity contribution in [3.8, 4) is 0 Å². The SMILES string of the molecule is COC(=O)c1cnc(NC(C)CN2CCOCC2)cn1. The second-order valence-electron chi connectivity index (χ2n) is 4.74. The minimum atomic E-state index is -0.481. The van der Waals surface area contributed by atoms with Gasteiger partial charge in [0.2, 0.25) is 0 Å². The molecule has 7 nitrogen and oxygen atoms in total. The maximum Gasteiger partial charge on any atom is 0.358 e. The van der Waals surface area contributed by atoms with E-state index in [2.05, 4.69) is 31.8 Å². The summed E-state index contributed by atoms with van der Waals surface area (Å²) in [6, 6.07) is 0.242. The molecule has 2 heterocycles. The highest BCUT2D eigenvalue weighted by molar-refractivity contribution is 5.86. The highest BCUT2D eigenvalue weighted by Crippen LogP contribution is 2.06. The van der Waals surface area contributed by atoms with Gasteiger partial charge in [-0.05, 0) is 6.92 Å². The summed E-state index contributed by atoms with van der Waals surface area (Å²) in [7, 11) is 1.32. The summed E-state index contributed by atoms with van der Waals surface area (Å²) in [5, 5.41) is 3.27. The van der Waals surface area contributed by atoms with Gasteiger partial charge in [0.15, 0.2) is 5.69 Å². The molecule has 0 aliphatic carbocycles. The smallest absolute Gasteiger partial charge is 0.358 e. The van der Waals surface area contributed by atoms with E-state index >= 15 is 0 Å². The van der Waals surface area contributed by atoms with Gasteiger partial charge in [0.25, 0.3) is 0 Å². The Hall–Kier alpha value is -1.73. The summed E-state index contributed by atoms with van der Waals surface area (Å²) in [4.78, 5) is 21.8. The number of ether oxygens (including phenoxy) is 2. The van der Waals surface area contributed by atoms with Crippen LogP contribution < -0.4 is 5.32 Å². The summed E-state index contributed by atoms with van der Waals surface area (Å²) in [5.74, 6) is 0.170. The van der Waals surface area contributed by atoms with Crippen LogP contribution in [-0.4, -0.2) is 66.8 Å². The second kappa shape index (κ2) is 7.16. The van der Waals surface area contributed by atoms with Crippen LogP contribution in [0, 0.1) is 0 Å². The number of nitrogens with zero attached hydrogens (tertiary/aromatic N) is 3. The molecule has 1 aliphatic rings. The Kier molecular flexibility index (Phi) is 5.25. The van der Waals surface area contributed by atoms with E-state index in [1.54, 1.807) is 6.20 Å². The lowest BCUT2D eigenvalue weighted by Crippen LogP contribution is -2.42. The summed E-state index contributed by atoms with van der Waals surface area (Å²) in [6.45, 7) is 6.51. The van der Waals surface area contributed by atoms with Crippen molar-refractivity contribution in [2.45, 2.75) is 13.0 Å². The molecule has 0 spiro atoms. The van der Waals surface area contributed by atoms with Crippen molar-refractivity contribution in [1.82, 2.24) is 14.9 Å². The van der Waals surface area contributed by atoms with Crippen LogP contribution in [0.5, 0.6) is 0 Å². The fourth-order valence-electron chi connectivity index (χ4n) is 2.08. The molecule has 0 bridgehead atoms. The fraction of sp³-hybridized carbons (Fsp3) is 0.615. The van der Waals surface area contributed by atoms with Gasteiger partial charge in [0.05, 0.1) is 32.7 Å². The lowest BCUT2D eigenvalue weighted by molar-refractivity contribution is 0.0368. The van der Waals surface area contributed by atoms with Crippen molar-refractivity contribution in [1.29, 1.82) is 0 Å². The Bertz CT molecular complexity index is 432. The molecular formula is C13H20N4O3. The molecule has 1 aliphatic heterocycles. The summed E-state index contributed by atoms with van der Waals surface area (Å²) in [5.41, 5.74) is 0.207. The molecule has 0 radical (unpaired) electrons. The third-order valence-electron chi connectivity index (χ3n) is 3.08. The molecule has 0 amide bonds. The molecule has 1 saturated heterocycles. The van der Waals surface area contributed by atoms with Crippen LogP contribution in [0.25, 0.3) is 0 Å². The number of hydrogen-bond donors (Lipinski definition) is 1. The van der Waals surface area contributed by atoms with Gasteiger partial charge in [-0.3, -0.25) is 4.90 Å². The normalized spacial score (nSPS) is 17.5. The molecule has 1 unspecified atom stereocenters. The molecule has 7 heteroatoms. The van der Waals surface area contributed by atoms with Crippen molar-refractivity contribution in [2.75, 3.05) is 45.3 Å². The molecule has 1 aromatic heterocycles. The number of nitrogens with one attached hydrogen (secondary N) is 1. The fourth-order valence-corrected chi connectivity index (χ4v) is 2.08. The largest absolute Gasteiger partial charge is 0.464 e. The zero-order chi connectivity index (χ0) is 14.4. The highest BCUT2D eigenvalue weighted by atomic mass is 16.5. The quantitative estimate of drug-likeness (QED) is 0.782. The van der Waals surface area contributed by atoms with Crippen LogP contribution in [-0.2, 0) is 9.47 Å². The number of carbonyl (C=O) groups is 1. The molecule has 1 aromatic rings. The van der Waals surface area contributed by atoms with Crippen LogP contribution in [0.3, 0.4) is 0 Å². The van der Waals surface area contributed by atoms with E-state index in [9.17, 15) is 4.79 Å². The van der Waals surface area contributed by atoms with E-state index in [0.717, 1.165) is 32.8 Å². The van der Waals surface area contributed by atoms with E-state index < -0.39 is 5.97 Å². The third kappa shape index (κ3) is 4.14. The van der Waals surface area contributed by atoms with Crippen molar-refractivity contribution < 1.29 is 14.3 Å². The zero-order valence-electron chi connectivity index (χ0n) is 11.8. The van der Waals surface area contributed by atoms with Gasteiger partial charge in [0, 0.05) is 25.7 Å². The first kappa shape index (κ1) is 14.7. The monoisotopic (exact) mass is 280 g/mol. The lowest BCUT2D eigenvalue weighted by Gasteiger charge is -2.29. The highest BCUT2D eigenvalue weighted by Gasteiger charge is 2.14. The lowest BCUT2D eigenvalue weighted by atomic mass is 10.3. The first-order valence-corrected chi connectivity index (χ1v) is 6.66. The Morgan fingerprint density at radius 1 is 1.45 bits per heavy atom. The molecule has 1 N–H and O–H groups in total. The number of rotatable bonds is 5. The minimum Gasteiger partial charge on any atom is -0.464 e. The summed E-state index contributed by atoms with van der Waals surface area (Å²) in [6.07, 6.45) is 2.96. The van der Waals surface area contributed by atoms with Gasteiger partial charge in [-0.25, -0.2) is 14.8 Å². The Balaban J connectivity index is 1.84. The van der Waals surface area contributed by atoms with E-state index in [1.165, 1.54) is 13.3 Å². The van der Waals surface area contributed by atoms with Crippen molar-refractivity contribution in [3.05, 3.63) is 18.1 Å². The number of esters is 1. The molecule has 2 rings (SSSR count). The van der Waals surface area contributed by atoms with Crippen LogP contribution in [0.4, 0.5) is 5.82 Å². The molecule has 1 atom stereocenters. The molecule has 0 saturated carbocycles. The first-order chi connectivity index (χ1) is 9.69. The number of anilines is 1. The predicted octanol–water partition coefficient (Wildman–Crippen LogP) is 0.396. The van der Waals surface area contributed by atoms with Crippen LogP contribution in [0.2, 0.25) is 0 Å². The molecule has 1 fully saturated rings. The topological polar surface area (TPSA) is 76.6 Å². The predicted molar refractivity (Wildman–Crippen MR) is 73.7 cm³/mol. The van der Waals surface area contributed by atoms with Crippen LogP contribution in [0.15, 0.2) is 12.4 Å². The van der Waals surface area contributed by atoms with Gasteiger partial charge < -0.3 is 14.8 Å². The standard InChI is InChI=1S/C13H20N4O3/c1-10(9-17-3-5-20-6-4-17)16-12-8-14-11(7-15-12)13(18)19-2/h7-8,10H,3-6,9H2,1-2H3,(H,15,16). The molecular weight excluding hydrogens is 260 g/mol. The van der Waals surface area contributed by atoms with Gasteiger partial charge in [-0.15, -0.1) is 0 Å². The van der Waals surface area contributed by atoms with Crippen LogP contribution >= 0.6 is 0 Å². The maximum atomic E-state index is 11.2. The van der Waals surface area contributed by atoms with Gasteiger partial charge in [-0.2, -0.15) is 0 Å². The van der Waals surface area contributed by atoms with Crippen LogP contribution in [0.1, 0.15) is 17.4 Å². The van der Waals surface area contributed by atoms with Gasteiger partial charge >= 0.3 is 5.97 Å². The second-order valence-corrected chi connectivity index (χ2v) is 4.74. The number of aromatic nitrogens is 2. The number of hydrogen-bond acceptors (Lipinski definition) is 7. The molecule has 110 valence electrons. The van der Waals surface area contributed by atoms with E-state index in [-0.39, 0.29) is 11.7 Å². The maximum absolute atomic E-state index is 11.2. The van der Waals surface area contributed by atoms with Gasteiger partial charge in [-0.1, -0.05) is 0 Å². The van der Waals surface area contributed by atoms with E-state index in [0.29, 0.717) is 5.82 Å². The number of morpholine rings is 1. The Morgan fingerprint density at radius 2 is 2.20 bits per heavy atom. The Labute approximate surface area is 118 Å². The summed E-state index contributed by atoms with van der Waals surface area (Å²) < 4.78 is 9.89. The minimum absolute atomic E-state index is 0.207.